The molecule has 0 saturated heterocycles. The Morgan fingerprint density at radius 2 is 1.95 bits per heavy atom. The van der Waals surface area contributed by atoms with Gasteiger partial charge in [-0.15, -0.1) is 0 Å². The van der Waals surface area contributed by atoms with Gasteiger partial charge in [-0.25, -0.2) is 8.42 Å². The fourth-order valence-electron chi connectivity index (χ4n) is 1.73. The summed E-state index contributed by atoms with van der Waals surface area (Å²) in [6.45, 7) is 0.584. The molecule has 0 aliphatic heterocycles. The summed E-state index contributed by atoms with van der Waals surface area (Å²) in [6, 6.07) is 5.20. The van der Waals surface area contributed by atoms with Gasteiger partial charge in [0, 0.05) is 13.1 Å². The Bertz CT molecular complexity index is 608. The normalized spacial score (nSPS) is 11.7. The van der Waals surface area contributed by atoms with Crippen LogP contribution < -0.4 is 4.74 Å². The van der Waals surface area contributed by atoms with E-state index in [4.69, 9.17) is 5.26 Å². The third kappa shape index (κ3) is 3.23. The topological polar surface area (TPSA) is 70.4 Å². The van der Waals surface area contributed by atoms with Crippen molar-refractivity contribution in [2.45, 2.75) is 25.4 Å². The van der Waals surface area contributed by atoms with Crippen molar-refractivity contribution in [2.75, 3.05) is 13.1 Å². The molecule has 0 aliphatic rings. The second-order valence-corrected chi connectivity index (χ2v) is 5.62. The maximum atomic E-state index is 12.3. The van der Waals surface area contributed by atoms with Gasteiger partial charge in [0.1, 0.15) is 22.3 Å². The minimum Gasteiger partial charge on any atom is -0.433 e. The molecule has 0 fully saturated rings. The molecule has 0 amide bonds. The highest BCUT2D eigenvalue weighted by Gasteiger charge is 2.27. The van der Waals surface area contributed by atoms with Gasteiger partial charge in [-0.3, -0.25) is 0 Å². The Morgan fingerprint density at radius 3 is 2.40 bits per heavy atom. The Kier molecular flexibility index (Phi) is 5.42. The molecule has 0 saturated carbocycles. The Morgan fingerprint density at radius 1 is 1.35 bits per heavy atom. The Hall–Kier alpha value is -1.72. The van der Waals surface area contributed by atoms with Crippen LogP contribution in [0, 0.1) is 11.3 Å². The highest BCUT2D eigenvalue weighted by Crippen LogP contribution is 2.28. The summed E-state index contributed by atoms with van der Waals surface area (Å²) in [4.78, 5) is -0.332. The van der Waals surface area contributed by atoms with Gasteiger partial charge in [0.2, 0.25) is 10.0 Å². The van der Waals surface area contributed by atoms with Crippen LogP contribution in [0.4, 0.5) is 8.78 Å². The zero-order valence-corrected chi connectivity index (χ0v) is 11.8. The molecule has 20 heavy (non-hydrogen) atoms. The van der Waals surface area contributed by atoms with Crippen molar-refractivity contribution in [3.8, 4) is 11.8 Å². The van der Waals surface area contributed by atoms with Crippen LogP contribution in [0.25, 0.3) is 0 Å². The van der Waals surface area contributed by atoms with Crippen molar-refractivity contribution in [2.24, 2.45) is 0 Å². The van der Waals surface area contributed by atoms with Gasteiger partial charge in [-0.2, -0.15) is 18.3 Å². The lowest BCUT2D eigenvalue weighted by atomic mass is 10.2. The third-order valence-corrected chi connectivity index (χ3v) is 4.73. The summed E-state index contributed by atoms with van der Waals surface area (Å²) >= 11 is 0. The minimum atomic E-state index is -3.92. The Balaban J connectivity index is 3.43. The van der Waals surface area contributed by atoms with E-state index in [1.165, 1.54) is 12.1 Å². The number of benzene rings is 1. The lowest BCUT2D eigenvalue weighted by Gasteiger charge is -2.19. The smallest absolute Gasteiger partial charge is 0.387 e. The average molecular weight is 304 g/mol. The summed E-state index contributed by atoms with van der Waals surface area (Å²) in [5.74, 6) is -0.448. The molecule has 0 aliphatic carbocycles. The molecule has 0 aromatic heterocycles. The molecule has 0 N–H and O–H groups in total. The van der Waals surface area contributed by atoms with Crippen molar-refractivity contribution in [1.29, 1.82) is 5.26 Å². The fourth-order valence-corrected chi connectivity index (χ4v) is 3.35. The zero-order valence-electron chi connectivity index (χ0n) is 11.0. The lowest BCUT2D eigenvalue weighted by molar-refractivity contribution is -0.0502. The quantitative estimate of drug-likeness (QED) is 0.807. The van der Waals surface area contributed by atoms with Gasteiger partial charge in [-0.1, -0.05) is 19.9 Å². The van der Waals surface area contributed by atoms with Crippen molar-refractivity contribution in [3.05, 3.63) is 23.8 Å². The predicted octanol–water partition coefficient (Wildman–Crippen LogP) is 2.19. The van der Waals surface area contributed by atoms with Crippen LogP contribution in [0.2, 0.25) is 0 Å². The molecule has 8 heteroatoms. The number of nitrogens with zero attached hydrogens (tertiary/aromatic N) is 2. The maximum absolute atomic E-state index is 12.3. The van der Waals surface area contributed by atoms with Crippen molar-refractivity contribution < 1.29 is 21.9 Å². The van der Waals surface area contributed by atoms with Crippen LogP contribution in [0.15, 0.2) is 23.1 Å². The monoisotopic (exact) mass is 304 g/mol. The van der Waals surface area contributed by atoms with E-state index in [1.807, 2.05) is 0 Å². The largest absolute Gasteiger partial charge is 0.433 e. The second-order valence-electron chi connectivity index (χ2n) is 3.71. The van der Waals surface area contributed by atoms with E-state index in [0.29, 0.717) is 0 Å². The molecule has 1 rings (SSSR count). The molecule has 0 unspecified atom stereocenters. The van der Waals surface area contributed by atoms with E-state index in [-0.39, 0.29) is 18.0 Å². The molecule has 1 aromatic rings. The molecular formula is C12H14F2N2O3S. The zero-order chi connectivity index (χ0) is 15.3. The Labute approximate surface area is 116 Å². The van der Waals surface area contributed by atoms with Crippen LogP contribution >= 0.6 is 0 Å². The first-order chi connectivity index (χ1) is 9.38. The third-order valence-electron chi connectivity index (χ3n) is 2.64. The second kappa shape index (κ2) is 6.63. The number of alkyl halides is 2. The number of sulfonamides is 1. The number of ether oxygens (including phenoxy) is 1. The molecule has 0 heterocycles. The van der Waals surface area contributed by atoms with Gasteiger partial charge < -0.3 is 4.74 Å². The van der Waals surface area contributed by atoms with Crippen LogP contribution in [0.5, 0.6) is 5.75 Å². The number of hydrogen-bond donors (Lipinski definition) is 0. The van der Waals surface area contributed by atoms with Crippen LogP contribution in [0.1, 0.15) is 19.4 Å². The van der Waals surface area contributed by atoms with Gasteiger partial charge in [0.05, 0.1) is 0 Å². The van der Waals surface area contributed by atoms with Gasteiger partial charge in [-0.05, 0) is 12.1 Å². The first-order valence-corrected chi connectivity index (χ1v) is 7.30. The molecule has 5 nitrogen and oxygen atoms in total. The average Bonchev–Trinajstić information content (AvgIpc) is 2.38. The molecule has 110 valence electrons. The number of halogens is 2. The van der Waals surface area contributed by atoms with Crippen LogP contribution in [-0.2, 0) is 10.0 Å². The van der Waals surface area contributed by atoms with E-state index < -0.39 is 27.9 Å². The van der Waals surface area contributed by atoms with Crippen molar-refractivity contribution >= 4 is 10.0 Å². The highest BCUT2D eigenvalue weighted by molar-refractivity contribution is 7.89. The van der Waals surface area contributed by atoms with Gasteiger partial charge in [0.25, 0.3) is 0 Å². The SMILES string of the molecule is CCN(CC)S(=O)(=O)c1cccc(OC(F)F)c1C#N. The minimum absolute atomic E-state index is 0.212. The van der Waals surface area contributed by atoms with E-state index in [0.717, 1.165) is 10.4 Å². The summed E-state index contributed by atoms with van der Waals surface area (Å²) in [5.41, 5.74) is -0.417. The number of nitriles is 1. The molecule has 0 bridgehead atoms. The van der Waals surface area contributed by atoms with E-state index in [9.17, 15) is 17.2 Å². The van der Waals surface area contributed by atoms with Gasteiger partial charge >= 0.3 is 6.61 Å². The number of rotatable bonds is 6. The lowest BCUT2D eigenvalue weighted by Crippen LogP contribution is -2.31. The van der Waals surface area contributed by atoms with E-state index >= 15 is 0 Å². The molecular weight excluding hydrogens is 290 g/mol. The van der Waals surface area contributed by atoms with Crippen LogP contribution in [-0.4, -0.2) is 32.4 Å². The summed E-state index contributed by atoms with van der Waals surface area (Å²) in [7, 11) is -3.92. The van der Waals surface area contributed by atoms with Crippen molar-refractivity contribution in [3.63, 3.8) is 0 Å². The summed E-state index contributed by atoms with van der Waals surface area (Å²) < 4.78 is 54.5. The highest BCUT2D eigenvalue weighted by atomic mass is 32.2. The molecule has 0 atom stereocenters. The summed E-state index contributed by atoms with van der Waals surface area (Å²) in [5, 5.41) is 9.04. The van der Waals surface area contributed by atoms with E-state index in [1.54, 1.807) is 19.9 Å². The standard InChI is InChI=1S/C12H14F2N2O3S/c1-3-16(4-2)20(17,18)11-7-5-6-10(9(11)8-15)19-12(13)14/h5-7,12H,3-4H2,1-2H3. The van der Waals surface area contributed by atoms with Gasteiger partial charge in [0.15, 0.2) is 0 Å². The maximum Gasteiger partial charge on any atom is 0.387 e. The predicted molar refractivity (Wildman–Crippen MR) is 67.9 cm³/mol. The van der Waals surface area contributed by atoms with E-state index in [2.05, 4.69) is 4.74 Å². The van der Waals surface area contributed by atoms with Crippen LogP contribution in [0.3, 0.4) is 0 Å². The van der Waals surface area contributed by atoms with Crippen molar-refractivity contribution in [1.82, 2.24) is 4.31 Å². The summed E-state index contributed by atoms with van der Waals surface area (Å²) in [6.07, 6.45) is 0. The fraction of sp³-hybridized carbons (Fsp3) is 0.417. The molecule has 0 radical (unpaired) electrons. The first kappa shape index (κ1) is 16.3. The molecule has 0 spiro atoms. The number of hydrogen-bond acceptors (Lipinski definition) is 4. The first-order valence-electron chi connectivity index (χ1n) is 5.86. The molecule has 1 aromatic carbocycles.